The van der Waals surface area contributed by atoms with E-state index in [4.69, 9.17) is 5.11 Å². The van der Waals surface area contributed by atoms with Crippen LogP contribution in [0.25, 0.3) is 0 Å². The van der Waals surface area contributed by atoms with E-state index in [0.717, 1.165) is 18.7 Å². The third-order valence-corrected chi connectivity index (χ3v) is 3.15. The molecule has 0 aliphatic heterocycles. The molecule has 1 aromatic carbocycles. The van der Waals surface area contributed by atoms with Gasteiger partial charge in [-0.3, -0.25) is 4.79 Å². The second kappa shape index (κ2) is 8.59. The fourth-order valence-corrected chi connectivity index (χ4v) is 2.00. The molecule has 0 radical (unpaired) electrons. The lowest BCUT2D eigenvalue weighted by atomic mass is 10.1. The number of anilines is 1. The first-order valence-corrected chi connectivity index (χ1v) is 7.36. The number of carbonyl (C=O) groups is 1. The highest BCUT2D eigenvalue weighted by Gasteiger charge is 2.17. The number of hydrogen-bond acceptors (Lipinski definition) is 3. The summed E-state index contributed by atoms with van der Waals surface area (Å²) >= 11 is 0. The van der Waals surface area contributed by atoms with Crippen LogP contribution in [-0.4, -0.2) is 41.7 Å². The minimum atomic E-state index is 0.0236. The molecule has 1 rings (SSSR count). The van der Waals surface area contributed by atoms with Gasteiger partial charge in [-0.25, -0.2) is 0 Å². The van der Waals surface area contributed by atoms with Crippen LogP contribution >= 0.6 is 0 Å². The quantitative estimate of drug-likeness (QED) is 0.769. The van der Waals surface area contributed by atoms with Crippen molar-refractivity contribution in [2.75, 3.05) is 25.0 Å². The van der Waals surface area contributed by atoms with Gasteiger partial charge in [0.05, 0.1) is 0 Å². The molecule has 0 fully saturated rings. The van der Waals surface area contributed by atoms with E-state index in [1.165, 1.54) is 0 Å². The molecule has 4 nitrogen and oxygen atoms in total. The minimum Gasteiger partial charge on any atom is -0.396 e. The second-order valence-corrected chi connectivity index (χ2v) is 5.17. The van der Waals surface area contributed by atoms with Crippen LogP contribution in [-0.2, 0) is 0 Å². The van der Waals surface area contributed by atoms with E-state index in [1.807, 2.05) is 38.1 Å². The van der Waals surface area contributed by atoms with Gasteiger partial charge < -0.3 is 15.3 Å². The van der Waals surface area contributed by atoms with Crippen LogP contribution in [0.2, 0.25) is 0 Å². The summed E-state index contributed by atoms with van der Waals surface area (Å²) in [4.78, 5) is 14.2. The summed E-state index contributed by atoms with van der Waals surface area (Å²) in [5.41, 5.74) is 1.73. The Morgan fingerprint density at radius 1 is 1.30 bits per heavy atom. The zero-order valence-corrected chi connectivity index (χ0v) is 12.7. The zero-order valence-electron chi connectivity index (χ0n) is 12.7. The fraction of sp³-hybridized carbons (Fsp3) is 0.562. The average molecular weight is 278 g/mol. The molecule has 0 aliphatic rings. The number of aliphatic hydroxyl groups excluding tert-OH is 1. The second-order valence-electron chi connectivity index (χ2n) is 5.17. The van der Waals surface area contributed by atoms with Crippen molar-refractivity contribution in [1.29, 1.82) is 0 Å². The summed E-state index contributed by atoms with van der Waals surface area (Å²) in [6, 6.07) is 7.72. The van der Waals surface area contributed by atoms with E-state index >= 15 is 0 Å². The molecule has 0 saturated heterocycles. The highest BCUT2D eigenvalue weighted by atomic mass is 16.3. The molecule has 0 aliphatic carbocycles. The Bertz CT molecular complexity index is 401. The van der Waals surface area contributed by atoms with Crippen LogP contribution in [0, 0.1) is 0 Å². The monoisotopic (exact) mass is 278 g/mol. The summed E-state index contributed by atoms with van der Waals surface area (Å²) < 4.78 is 0. The Hall–Kier alpha value is -1.55. The highest BCUT2D eigenvalue weighted by molar-refractivity contribution is 5.94. The number of amides is 1. The molecule has 0 bridgehead atoms. The van der Waals surface area contributed by atoms with Crippen molar-refractivity contribution in [2.45, 2.75) is 39.7 Å². The predicted molar refractivity (Wildman–Crippen MR) is 83.1 cm³/mol. The third kappa shape index (κ3) is 4.85. The van der Waals surface area contributed by atoms with Gasteiger partial charge in [0.2, 0.25) is 0 Å². The zero-order chi connectivity index (χ0) is 15.0. The maximum absolute atomic E-state index is 12.4. The Morgan fingerprint density at radius 3 is 2.45 bits per heavy atom. The minimum absolute atomic E-state index is 0.0236. The van der Waals surface area contributed by atoms with Crippen LogP contribution in [0.3, 0.4) is 0 Å². The number of carbonyl (C=O) groups excluding carboxylic acids is 1. The van der Waals surface area contributed by atoms with Crippen LogP contribution in [0.5, 0.6) is 0 Å². The number of benzene rings is 1. The molecule has 0 saturated carbocycles. The van der Waals surface area contributed by atoms with Gasteiger partial charge in [-0.15, -0.1) is 0 Å². The maximum Gasteiger partial charge on any atom is 0.254 e. The van der Waals surface area contributed by atoms with Crippen molar-refractivity contribution < 1.29 is 9.90 Å². The SMILES string of the molecule is CCCNc1ccc(C(=O)N(CCCO)C(C)C)cc1. The van der Waals surface area contributed by atoms with Crippen molar-refractivity contribution >= 4 is 11.6 Å². The summed E-state index contributed by atoms with van der Waals surface area (Å²) in [7, 11) is 0. The lowest BCUT2D eigenvalue weighted by Crippen LogP contribution is -2.38. The third-order valence-electron chi connectivity index (χ3n) is 3.15. The van der Waals surface area contributed by atoms with Gasteiger partial charge in [0.25, 0.3) is 5.91 Å². The molecular weight excluding hydrogens is 252 g/mol. The van der Waals surface area contributed by atoms with Gasteiger partial charge in [0.1, 0.15) is 0 Å². The molecule has 1 amide bonds. The van der Waals surface area contributed by atoms with Crippen molar-refractivity contribution in [1.82, 2.24) is 4.90 Å². The smallest absolute Gasteiger partial charge is 0.254 e. The average Bonchev–Trinajstić information content (AvgIpc) is 2.45. The Labute approximate surface area is 121 Å². The molecule has 0 spiro atoms. The summed E-state index contributed by atoms with van der Waals surface area (Å²) in [6.07, 6.45) is 1.68. The Morgan fingerprint density at radius 2 is 1.95 bits per heavy atom. The Balaban J connectivity index is 2.73. The fourth-order valence-electron chi connectivity index (χ4n) is 2.00. The maximum atomic E-state index is 12.4. The number of hydrogen-bond donors (Lipinski definition) is 2. The first kappa shape index (κ1) is 16.5. The molecular formula is C16H26N2O2. The van der Waals surface area contributed by atoms with Crippen LogP contribution in [0.1, 0.15) is 44.0 Å². The van der Waals surface area contributed by atoms with E-state index in [1.54, 1.807) is 4.90 Å². The lowest BCUT2D eigenvalue weighted by Gasteiger charge is -2.26. The van der Waals surface area contributed by atoms with Crippen molar-refractivity contribution in [3.8, 4) is 0 Å². The molecule has 4 heteroatoms. The standard InChI is InChI=1S/C16H26N2O2/c1-4-10-17-15-8-6-14(7-9-15)16(20)18(13(2)3)11-5-12-19/h6-9,13,17,19H,4-5,10-12H2,1-3H3. The van der Waals surface area contributed by atoms with Gasteiger partial charge in [0.15, 0.2) is 0 Å². The van der Waals surface area contributed by atoms with E-state index in [0.29, 0.717) is 18.5 Å². The lowest BCUT2D eigenvalue weighted by molar-refractivity contribution is 0.0693. The van der Waals surface area contributed by atoms with E-state index in [9.17, 15) is 4.79 Å². The van der Waals surface area contributed by atoms with E-state index < -0.39 is 0 Å². The topological polar surface area (TPSA) is 52.6 Å². The number of nitrogens with one attached hydrogen (secondary N) is 1. The molecule has 1 aromatic rings. The number of rotatable bonds is 8. The van der Waals surface area contributed by atoms with Gasteiger partial charge in [-0.2, -0.15) is 0 Å². The molecule has 2 N–H and O–H groups in total. The van der Waals surface area contributed by atoms with Gasteiger partial charge in [-0.1, -0.05) is 6.92 Å². The number of aliphatic hydroxyl groups is 1. The Kier molecular flexibility index (Phi) is 7.09. The van der Waals surface area contributed by atoms with Crippen molar-refractivity contribution in [3.05, 3.63) is 29.8 Å². The molecule has 0 heterocycles. The molecule has 0 aromatic heterocycles. The summed E-state index contributed by atoms with van der Waals surface area (Å²) in [5, 5.41) is 12.2. The number of nitrogens with zero attached hydrogens (tertiary/aromatic N) is 1. The largest absolute Gasteiger partial charge is 0.396 e. The normalized spacial score (nSPS) is 10.7. The van der Waals surface area contributed by atoms with E-state index in [-0.39, 0.29) is 18.6 Å². The van der Waals surface area contributed by atoms with Crippen molar-refractivity contribution in [3.63, 3.8) is 0 Å². The highest BCUT2D eigenvalue weighted by Crippen LogP contribution is 2.13. The summed E-state index contributed by atoms with van der Waals surface area (Å²) in [6.45, 7) is 7.73. The first-order valence-electron chi connectivity index (χ1n) is 7.36. The van der Waals surface area contributed by atoms with Crippen molar-refractivity contribution in [2.24, 2.45) is 0 Å². The van der Waals surface area contributed by atoms with Gasteiger partial charge >= 0.3 is 0 Å². The first-order chi connectivity index (χ1) is 9.60. The predicted octanol–water partition coefficient (Wildman–Crippen LogP) is 2.74. The van der Waals surface area contributed by atoms with Gasteiger partial charge in [-0.05, 0) is 51.0 Å². The van der Waals surface area contributed by atoms with Crippen LogP contribution < -0.4 is 5.32 Å². The van der Waals surface area contributed by atoms with Crippen LogP contribution in [0.4, 0.5) is 5.69 Å². The molecule has 20 heavy (non-hydrogen) atoms. The summed E-state index contributed by atoms with van der Waals surface area (Å²) in [5.74, 6) is 0.0236. The molecule has 0 atom stereocenters. The molecule has 0 unspecified atom stereocenters. The van der Waals surface area contributed by atoms with Gasteiger partial charge in [0, 0.05) is 37.0 Å². The molecule has 112 valence electrons. The van der Waals surface area contributed by atoms with Crippen LogP contribution in [0.15, 0.2) is 24.3 Å². The van der Waals surface area contributed by atoms with E-state index in [2.05, 4.69) is 12.2 Å².